The van der Waals surface area contributed by atoms with Crippen LogP contribution in [0.1, 0.15) is 232 Å². The number of likely N-dealkylation sites (N-methyl/N-ethyl adjacent to an activating group) is 1. The maximum absolute atomic E-state index is 13.0. The van der Waals surface area contributed by atoms with Crippen molar-refractivity contribution in [2.24, 2.45) is 0 Å². The van der Waals surface area contributed by atoms with Crippen LogP contribution < -0.4 is 5.32 Å². The van der Waals surface area contributed by atoms with Gasteiger partial charge in [0.15, 0.2) is 0 Å². The third-order valence-corrected chi connectivity index (χ3v) is 14.0. The van der Waals surface area contributed by atoms with Gasteiger partial charge in [-0.25, -0.2) is 4.57 Å². The van der Waals surface area contributed by atoms with E-state index in [2.05, 4.69) is 153 Å². The van der Waals surface area contributed by atoms with Crippen molar-refractivity contribution in [2.45, 2.75) is 244 Å². The fourth-order valence-corrected chi connectivity index (χ4v) is 8.93. The molecule has 0 aliphatic carbocycles. The molecule has 3 atom stereocenters. The summed E-state index contributed by atoms with van der Waals surface area (Å²) in [5.41, 5.74) is 0. The molecular weight excluding hydrogens is 984 g/mol. The lowest BCUT2D eigenvalue weighted by Gasteiger charge is -2.25. The summed E-state index contributed by atoms with van der Waals surface area (Å²) in [6.45, 7) is 4.62. The molecule has 3 unspecified atom stereocenters. The number of unbranched alkanes of at least 4 members (excludes halogenated alkanes) is 20. The Hall–Kier alpha value is -3.62. The zero-order valence-corrected chi connectivity index (χ0v) is 51.5. The van der Waals surface area contributed by atoms with Gasteiger partial charge in [0.2, 0.25) is 5.91 Å². The van der Waals surface area contributed by atoms with E-state index in [-0.39, 0.29) is 25.5 Å². The van der Waals surface area contributed by atoms with Gasteiger partial charge in [0.1, 0.15) is 13.2 Å². The molecule has 444 valence electrons. The second-order valence-corrected chi connectivity index (χ2v) is 23.1. The van der Waals surface area contributed by atoms with Crippen LogP contribution in [0.5, 0.6) is 0 Å². The maximum atomic E-state index is 13.0. The number of carbonyl (C=O) groups is 1. The van der Waals surface area contributed by atoms with E-state index in [9.17, 15) is 19.4 Å². The molecule has 0 bridgehead atoms. The van der Waals surface area contributed by atoms with E-state index in [0.717, 1.165) is 89.9 Å². The van der Waals surface area contributed by atoms with Crippen LogP contribution in [0.2, 0.25) is 0 Å². The van der Waals surface area contributed by atoms with Gasteiger partial charge in [-0.15, -0.1) is 0 Å². The van der Waals surface area contributed by atoms with Gasteiger partial charge >= 0.3 is 7.82 Å². The van der Waals surface area contributed by atoms with Gasteiger partial charge in [-0.05, 0) is 109 Å². The highest BCUT2D eigenvalue weighted by molar-refractivity contribution is 7.47. The van der Waals surface area contributed by atoms with Crippen LogP contribution in [0.4, 0.5) is 0 Å². The molecule has 0 radical (unpaired) electrons. The number of carbonyl (C=O) groups excluding carboxylic acids is 1. The minimum atomic E-state index is -4.39. The molecule has 0 aliphatic rings. The first-order chi connectivity index (χ1) is 38.0. The predicted octanol–water partition coefficient (Wildman–Crippen LogP) is 19.6. The molecule has 78 heavy (non-hydrogen) atoms. The third kappa shape index (κ3) is 60.0. The van der Waals surface area contributed by atoms with E-state index in [0.29, 0.717) is 17.4 Å². The van der Waals surface area contributed by atoms with Crippen molar-refractivity contribution in [2.75, 3.05) is 40.9 Å². The lowest BCUT2D eigenvalue weighted by Crippen LogP contribution is -2.45. The molecule has 0 aromatic carbocycles. The number of hydrogen-bond acceptors (Lipinski definition) is 5. The Morgan fingerprint density at radius 3 is 1.18 bits per heavy atom. The molecule has 8 nitrogen and oxygen atoms in total. The number of allylic oxidation sites excluding steroid dienone is 23. The van der Waals surface area contributed by atoms with E-state index in [1.54, 1.807) is 6.08 Å². The van der Waals surface area contributed by atoms with Crippen LogP contribution in [0.15, 0.2) is 146 Å². The van der Waals surface area contributed by atoms with Crippen molar-refractivity contribution >= 4 is 13.7 Å². The van der Waals surface area contributed by atoms with Gasteiger partial charge in [-0.1, -0.05) is 262 Å². The largest absolute Gasteiger partial charge is 0.472 e. The lowest BCUT2D eigenvalue weighted by molar-refractivity contribution is -0.870. The van der Waals surface area contributed by atoms with Crippen molar-refractivity contribution < 1.29 is 32.9 Å². The highest BCUT2D eigenvalue weighted by atomic mass is 31.2. The number of aliphatic hydroxyl groups excluding tert-OH is 1. The number of phosphoric acid groups is 1. The number of aliphatic hydroxyl groups is 1. The molecule has 0 spiro atoms. The number of rotatable bonds is 55. The number of quaternary nitrogens is 1. The Morgan fingerprint density at radius 1 is 0.449 bits per heavy atom. The second kappa shape index (κ2) is 58.0. The first kappa shape index (κ1) is 74.4. The van der Waals surface area contributed by atoms with Gasteiger partial charge in [0.05, 0.1) is 39.9 Å². The maximum Gasteiger partial charge on any atom is 0.472 e. The summed E-state index contributed by atoms with van der Waals surface area (Å²) in [6.07, 6.45) is 89.8. The fourth-order valence-electron chi connectivity index (χ4n) is 8.19. The SMILES string of the molecule is CC/C=C\C/C=C\C/C=C\C/C=C\C/C=C\C/C=C\C/C=C\C/C=C\C/C=C\CCCC(=O)NC(COP(=O)(O)OCC[N+](C)(C)C)C(O)/C=C/CC/C=C/CC/C=C/CCCCCCCCCCCCCCCCCCC. The summed E-state index contributed by atoms with van der Waals surface area (Å²) in [4.78, 5) is 23.3. The van der Waals surface area contributed by atoms with Gasteiger partial charge in [0, 0.05) is 6.42 Å². The Balaban J connectivity index is 4.40. The minimum Gasteiger partial charge on any atom is -0.387 e. The summed E-state index contributed by atoms with van der Waals surface area (Å²) in [5, 5.41) is 13.9. The van der Waals surface area contributed by atoms with Crippen molar-refractivity contribution in [3.63, 3.8) is 0 Å². The van der Waals surface area contributed by atoms with Crippen LogP contribution >= 0.6 is 7.82 Å². The molecule has 1 amide bonds. The van der Waals surface area contributed by atoms with E-state index in [1.807, 2.05) is 27.2 Å². The topological polar surface area (TPSA) is 105 Å². The number of nitrogens with zero attached hydrogens (tertiary/aromatic N) is 1. The average Bonchev–Trinajstić information content (AvgIpc) is 3.41. The van der Waals surface area contributed by atoms with E-state index in [4.69, 9.17) is 9.05 Å². The average molecular weight is 1100 g/mol. The Morgan fingerprint density at radius 2 is 0.782 bits per heavy atom. The Bertz CT molecular complexity index is 1780. The van der Waals surface area contributed by atoms with Crippen molar-refractivity contribution in [1.82, 2.24) is 5.32 Å². The first-order valence-electron chi connectivity index (χ1n) is 31.2. The minimum absolute atomic E-state index is 0.0340. The molecule has 0 saturated carbocycles. The standard InChI is InChI=1S/C69H117N2O6P/c1-6-8-10-12-14-16-18-20-22-24-26-28-30-32-34-35-37-39-41-43-45-47-49-51-53-55-57-59-61-63-69(73)70-67(66-77-78(74,75)76-65-64-71(3,4)5)68(72)62-60-58-56-54-52-50-48-46-44-42-40-38-36-33-31-29-27-25-23-21-19-17-15-13-11-9-7-2/h8,10,14,16,20,22,26,28,32,34,37,39,43-46,49,51-52,54-55,57,60,62,67-68,72H,6-7,9,11-13,15,17-19,21,23-25,27,29-31,33,35-36,38,40-42,47-48,50,53,56,58-59,61,63-66H2,1-5H3,(H-,70,73,74,75)/p+1/b10-8-,16-14-,22-20-,28-26-,34-32-,39-37-,45-43-,46-44+,51-49-,54-52+,57-55-,62-60+. The van der Waals surface area contributed by atoms with Crippen LogP contribution in [0, 0.1) is 0 Å². The summed E-state index contributed by atoms with van der Waals surface area (Å²) in [7, 11) is 1.49. The molecule has 0 heterocycles. The number of amides is 1. The van der Waals surface area contributed by atoms with Gasteiger partial charge in [-0.2, -0.15) is 0 Å². The highest BCUT2D eigenvalue weighted by Crippen LogP contribution is 2.43. The smallest absolute Gasteiger partial charge is 0.387 e. The van der Waals surface area contributed by atoms with Crippen molar-refractivity contribution in [3.05, 3.63) is 146 Å². The van der Waals surface area contributed by atoms with Crippen LogP contribution in [0.25, 0.3) is 0 Å². The molecule has 3 N–H and O–H groups in total. The van der Waals surface area contributed by atoms with Gasteiger partial charge in [0.25, 0.3) is 0 Å². The van der Waals surface area contributed by atoms with Gasteiger partial charge < -0.3 is 19.8 Å². The molecule has 9 heteroatoms. The number of phosphoric ester groups is 1. The zero-order chi connectivity index (χ0) is 57.0. The molecule has 0 aromatic heterocycles. The monoisotopic (exact) mass is 1100 g/mol. The highest BCUT2D eigenvalue weighted by Gasteiger charge is 2.27. The Labute approximate surface area is 480 Å². The molecule has 0 saturated heterocycles. The fraction of sp³-hybridized carbons (Fsp3) is 0.638. The molecule has 0 aliphatic heterocycles. The molecule has 0 aromatic rings. The lowest BCUT2D eigenvalue weighted by atomic mass is 10.0. The summed E-state index contributed by atoms with van der Waals surface area (Å²) in [5.74, 6) is -0.254. The Kier molecular flexibility index (Phi) is 55.4. The second-order valence-electron chi connectivity index (χ2n) is 21.7. The third-order valence-electron chi connectivity index (χ3n) is 13.0. The quantitative estimate of drug-likeness (QED) is 0.0243. The summed E-state index contributed by atoms with van der Waals surface area (Å²) in [6, 6.07) is -0.914. The first-order valence-corrected chi connectivity index (χ1v) is 32.7. The van der Waals surface area contributed by atoms with Crippen molar-refractivity contribution in [3.8, 4) is 0 Å². The molecular formula is C69H118N2O6P+. The van der Waals surface area contributed by atoms with Crippen LogP contribution in [-0.4, -0.2) is 73.4 Å². The summed E-state index contributed by atoms with van der Waals surface area (Å²) < 4.78 is 23.7. The van der Waals surface area contributed by atoms with E-state index < -0.39 is 20.0 Å². The normalized spacial score (nSPS) is 14.8. The molecule has 0 fully saturated rings. The van der Waals surface area contributed by atoms with Gasteiger partial charge in [-0.3, -0.25) is 13.8 Å². The van der Waals surface area contributed by atoms with Crippen LogP contribution in [0.3, 0.4) is 0 Å². The van der Waals surface area contributed by atoms with E-state index in [1.165, 1.54) is 116 Å². The molecule has 0 rings (SSSR count). The van der Waals surface area contributed by atoms with Crippen molar-refractivity contribution in [1.29, 1.82) is 0 Å². The number of nitrogens with one attached hydrogen (secondary N) is 1. The zero-order valence-electron chi connectivity index (χ0n) is 50.6. The number of hydrogen-bond donors (Lipinski definition) is 3. The van der Waals surface area contributed by atoms with Crippen LogP contribution in [-0.2, 0) is 18.4 Å². The predicted molar refractivity (Wildman–Crippen MR) is 341 cm³/mol. The van der Waals surface area contributed by atoms with E-state index >= 15 is 0 Å². The summed E-state index contributed by atoms with van der Waals surface area (Å²) >= 11 is 0.